The first-order chi connectivity index (χ1) is 17.0. The van der Waals surface area contributed by atoms with Crippen LogP contribution < -0.4 is 10.6 Å². The maximum atomic E-state index is 12.7. The Morgan fingerprint density at radius 1 is 1.31 bits per heavy atom. The van der Waals surface area contributed by atoms with Gasteiger partial charge in [0.05, 0.1) is 24.2 Å². The van der Waals surface area contributed by atoms with Gasteiger partial charge in [-0.3, -0.25) is 0 Å². The van der Waals surface area contributed by atoms with Gasteiger partial charge in [-0.2, -0.15) is 18.2 Å². The van der Waals surface area contributed by atoms with Crippen molar-refractivity contribution in [2.24, 2.45) is 0 Å². The average Bonchev–Trinajstić information content (AvgIpc) is 3.47. The number of thiazole rings is 1. The lowest BCUT2D eigenvalue weighted by atomic mass is 10.2. The summed E-state index contributed by atoms with van der Waals surface area (Å²) in [5, 5.41) is 14.5. The van der Waals surface area contributed by atoms with Crippen molar-refractivity contribution in [2.75, 3.05) is 17.7 Å². The summed E-state index contributed by atoms with van der Waals surface area (Å²) in [5.74, 6) is -1.60. The number of methoxy groups -OCH3 is 1. The molecule has 2 heterocycles. The van der Waals surface area contributed by atoms with Crippen LogP contribution in [0.5, 0.6) is 0 Å². The van der Waals surface area contributed by atoms with Crippen molar-refractivity contribution in [3.8, 4) is 0 Å². The molecule has 2 aromatic heterocycles. The first-order valence-corrected chi connectivity index (χ1v) is 12.1. The molecular formula is C21H21BrF5N5O3S. The second kappa shape index (κ2) is 12.1. The highest BCUT2D eigenvalue weighted by atomic mass is 79.9. The number of alkyl halides is 5. The molecule has 0 amide bonds. The summed E-state index contributed by atoms with van der Waals surface area (Å²) in [6, 6.07) is 6.01. The van der Waals surface area contributed by atoms with Crippen LogP contribution in [0, 0.1) is 0 Å². The summed E-state index contributed by atoms with van der Waals surface area (Å²) >= 11 is 4.49. The van der Waals surface area contributed by atoms with Gasteiger partial charge in [0.15, 0.2) is 5.01 Å². The molecule has 1 aliphatic rings. The zero-order valence-electron chi connectivity index (χ0n) is 18.7. The molecule has 0 aliphatic heterocycles. The fourth-order valence-electron chi connectivity index (χ4n) is 3.51. The lowest BCUT2D eigenvalue weighted by Crippen LogP contribution is -2.30. The quantitative estimate of drug-likeness (QED) is 0.284. The smallest absolute Gasteiger partial charge is 0.475 e. The highest BCUT2D eigenvalue weighted by Crippen LogP contribution is 2.30. The van der Waals surface area contributed by atoms with E-state index in [1.54, 1.807) is 7.11 Å². The molecule has 0 unspecified atom stereocenters. The third-order valence-corrected chi connectivity index (χ3v) is 6.65. The largest absolute Gasteiger partial charge is 0.490 e. The number of aromatic nitrogens is 3. The molecule has 3 N–H and O–H groups in total. The van der Waals surface area contributed by atoms with Gasteiger partial charge in [0.2, 0.25) is 5.95 Å². The molecule has 15 heteroatoms. The number of hydrogen-bond donors (Lipinski definition) is 3. The number of hydrogen-bond acceptors (Lipinski definition) is 8. The van der Waals surface area contributed by atoms with Crippen LogP contribution in [0.3, 0.4) is 0 Å². The molecule has 2 atom stereocenters. The first kappa shape index (κ1) is 27.9. The van der Waals surface area contributed by atoms with Crippen LogP contribution in [0.25, 0.3) is 10.9 Å². The van der Waals surface area contributed by atoms with Crippen LogP contribution in [0.1, 0.15) is 35.6 Å². The van der Waals surface area contributed by atoms with Crippen molar-refractivity contribution in [3.63, 3.8) is 0 Å². The number of carboxylic acids is 1. The molecule has 1 fully saturated rings. The van der Waals surface area contributed by atoms with E-state index in [2.05, 4.69) is 41.5 Å². The summed E-state index contributed by atoms with van der Waals surface area (Å²) in [5.41, 5.74) is 0.790. The number of aliphatic carboxylic acids is 1. The van der Waals surface area contributed by atoms with Crippen molar-refractivity contribution in [1.29, 1.82) is 0 Å². The molecule has 4 rings (SSSR count). The van der Waals surface area contributed by atoms with E-state index in [-0.39, 0.29) is 17.2 Å². The summed E-state index contributed by atoms with van der Waals surface area (Å²) in [6.45, 7) is 0.329. The van der Waals surface area contributed by atoms with Crippen LogP contribution in [0.15, 0.2) is 28.9 Å². The topological polar surface area (TPSA) is 109 Å². The molecule has 0 saturated heterocycles. The number of carbonyl (C=O) groups is 1. The molecular weight excluding hydrogens is 577 g/mol. The number of nitrogens with zero attached hydrogens (tertiary/aromatic N) is 3. The minimum atomic E-state index is -5.08. The van der Waals surface area contributed by atoms with E-state index in [9.17, 15) is 22.0 Å². The van der Waals surface area contributed by atoms with E-state index in [0.717, 1.165) is 51.8 Å². The summed E-state index contributed by atoms with van der Waals surface area (Å²) in [7, 11) is 1.73. The van der Waals surface area contributed by atoms with Gasteiger partial charge >= 0.3 is 12.1 Å². The zero-order chi connectivity index (χ0) is 26.5. The number of halogens is 6. The normalized spacial score (nSPS) is 17.7. The standard InChI is InChI=1S/C19H20BrF2N5OS.C2HF3O2/c1-28-15-4-2-3-14(15)25-17-12-7-10(20)5-6-13(12)26-19(27-17)24-9-11-8-23-18(29-11)16(21)22;3-2(4,5)1(6)7/h5-8,14-16H,2-4,9H2,1H3,(H2,24,25,26,27);(H,6,7)/t14-,15-;/m1./s1. The van der Waals surface area contributed by atoms with Gasteiger partial charge in [0.25, 0.3) is 6.43 Å². The van der Waals surface area contributed by atoms with Gasteiger partial charge in [-0.25, -0.2) is 23.5 Å². The van der Waals surface area contributed by atoms with E-state index in [1.165, 1.54) is 6.20 Å². The Kier molecular flexibility index (Phi) is 9.35. The SMILES string of the molecule is CO[C@@H]1CCC[C@H]1Nc1nc(NCc2cnc(C(F)F)s2)nc2ccc(Br)cc12.O=C(O)C(F)(F)F. The third kappa shape index (κ3) is 7.43. The second-order valence-electron chi connectivity index (χ2n) is 7.64. The van der Waals surface area contributed by atoms with E-state index in [1.807, 2.05) is 18.2 Å². The van der Waals surface area contributed by atoms with E-state index >= 15 is 0 Å². The van der Waals surface area contributed by atoms with Crippen molar-refractivity contribution in [2.45, 2.75) is 50.6 Å². The third-order valence-electron chi connectivity index (χ3n) is 5.16. The Labute approximate surface area is 214 Å². The highest BCUT2D eigenvalue weighted by Gasteiger charge is 2.38. The second-order valence-corrected chi connectivity index (χ2v) is 9.70. The maximum absolute atomic E-state index is 12.7. The molecule has 0 bridgehead atoms. The first-order valence-electron chi connectivity index (χ1n) is 10.5. The predicted molar refractivity (Wildman–Crippen MR) is 127 cm³/mol. The average molecular weight is 598 g/mol. The van der Waals surface area contributed by atoms with E-state index in [0.29, 0.717) is 17.4 Å². The number of carboxylic acid groups (broad SMARTS) is 1. The van der Waals surface area contributed by atoms with Gasteiger partial charge in [-0.1, -0.05) is 15.9 Å². The number of fused-ring (bicyclic) bond motifs is 1. The number of nitrogens with one attached hydrogen (secondary N) is 2. The molecule has 1 aliphatic carbocycles. The number of rotatable bonds is 7. The van der Waals surface area contributed by atoms with Gasteiger partial charge in [-0.15, -0.1) is 11.3 Å². The highest BCUT2D eigenvalue weighted by molar-refractivity contribution is 9.10. The monoisotopic (exact) mass is 597 g/mol. The van der Waals surface area contributed by atoms with E-state index < -0.39 is 18.6 Å². The molecule has 8 nitrogen and oxygen atoms in total. The van der Waals surface area contributed by atoms with Crippen molar-refractivity contribution in [3.05, 3.63) is 38.8 Å². The van der Waals surface area contributed by atoms with Crippen LogP contribution in [-0.2, 0) is 16.1 Å². The molecule has 3 aromatic rings. The van der Waals surface area contributed by atoms with Crippen molar-refractivity contribution in [1.82, 2.24) is 15.0 Å². The molecule has 1 saturated carbocycles. The molecule has 0 spiro atoms. The van der Waals surface area contributed by atoms with Crippen LogP contribution >= 0.6 is 27.3 Å². The molecule has 1 aromatic carbocycles. The fraction of sp³-hybridized carbons (Fsp3) is 0.429. The zero-order valence-corrected chi connectivity index (χ0v) is 21.1. The Hall–Kier alpha value is -2.65. The fourth-order valence-corrected chi connectivity index (χ4v) is 4.58. The Balaban J connectivity index is 0.000000454. The summed E-state index contributed by atoms with van der Waals surface area (Å²) in [4.78, 5) is 22.6. The Bertz CT molecular complexity index is 1200. The minimum Gasteiger partial charge on any atom is -0.475 e. The molecule has 36 heavy (non-hydrogen) atoms. The number of anilines is 2. The van der Waals surface area contributed by atoms with Crippen LogP contribution in [-0.4, -0.2) is 51.5 Å². The maximum Gasteiger partial charge on any atom is 0.490 e. The van der Waals surface area contributed by atoms with Gasteiger partial charge in [0, 0.05) is 28.0 Å². The minimum absolute atomic E-state index is 0.147. The lowest BCUT2D eigenvalue weighted by Gasteiger charge is -2.21. The molecule has 0 radical (unpaired) electrons. The van der Waals surface area contributed by atoms with Gasteiger partial charge in [0.1, 0.15) is 5.82 Å². The van der Waals surface area contributed by atoms with Gasteiger partial charge in [-0.05, 0) is 37.5 Å². The number of benzene rings is 1. The number of ether oxygens (including phenoxy) is 1. The van der Waals surface area contributed by atoms with Crippen LogP contribution in [0.2, 0.25) is 0 Å². The summed E-state index contributed by atoms with van der Waals surface area (Å²) < 4.78 is 63.7. The summed E-state index contributed by atoms with van der Waals surface area (Å²) in [6.07, 6.45) is -2.90. The molecule has 196 valence electrons. The Morgan fingerprint density at radius 2 is 2.03 bits per heavy atom. The van der Waals surface area contributed by atoms with Crippen molar-refractivity contribution >= 4 is 55.9 Å². The van der Waals surface area contributed by atoms with Gasteiger partial charge < -0.3 is 20.5 Å². The lowest BCUT2D eigenvalue weighted by molar-refractivity contribution is -0.192. The Morgan fingerprint density at radius 3 is 2.64 bits per heavy atom. The van der Waals surface area contributed by atoms with Crippen molar-refractivity contribution < 1.29 is 36.6 Å². The predicted octanol–water partition coefficient (Wildman–Crippen LogP) is 6.01. The van der Waals surface area contributed by atoms with E-state index in [4.69, 9.17) is 14.6 Å². The van der Waals surface area contributed by atoms with Crippen LogP contribution in [0.4, 0.5) is 33.7 Å².